The number of para-hydroxylation sites is 1. The van der Waals surface area contributed by atoms with E-state index in [1.54, 1.807) is 0 Å². The smallest absolute Gasteiger partial charge is 0.123 e. The summed E-state index contributed by atoms with van der Waals surface area (Å²) in [7, 11) is 0. The van der Waals surface area contributed by atoms with Gasteiger partial charge in [-0.2, -0.15) is 0 Å². The molecule has 2 aromatic carbocycles. The van der Waals surface area contributed by atoms with Crippen molar-refractivity contribution in [3.63, 3.8) is 0 Å². The summed E-state index contributed by atoms with van der Waals surface area (Å²) in [6.07, 6.45) is 0. The predicted molar refractivity (Wildman–Crippen MR) is 106 cm³/mol. The van der Waals surface area contributed by atoms with E-state index in [0.717, 1.165) is 45.1 Å². The number of anilines is 1. The van der Waals surface area contributed by atoms with Gasteiger partial charge in [-0.15, -0.1) is 0 Å². The lowest BCUT2D eigenvalue weighted by Crippen LogP contribution is -2.47. The molecule has 0 radical (unpaired) electrons. The van der Waals surface area contributed by atoms with E-state index in [4.69, 9.17) is 4.74 Å². The van der Waals surface area contributed by atoms with Crippen molar-refractivity contribution in [3.8, 4) is 5.75 Å². The van der Waals surface area contributed by atoms with Crippen LogP contribution in [0.5, 0.6) is 5.75 Å². The van der Waals surface area contributed by atoms with Gasteiger partial charge in [-0.1, -0.05) is 44.2 Å². The quantitative estimate of drug-likeness (QED) is 0.780. The maximum atomic E-state index is 6.14. The van der Waals surface area contributed by atoms with E-state index in [9.17, 15) is 0 Å². The number of nitrogens with zero attached hydrogens (tertiary/aromatic N) is 2. The number of ether oxygens (including phenoxy) is 1. The number of hydrogen-bond acceptors (Lipinski definition) is 3. The fourth-order valence-electron chi connectivity index (χ4n) is 3.40. The van der Waals surface area contributed by atoms with E-state index in [1.165, 1.54) is 16.8 Å². The molecular formula is C22H30N2O. The highest BCUT2D eigenvalue weighted by atomic mass is 16.5. The number of hydrogen-bond donors (Lipinski definition) is 0. The molecule has 0 spiro atoms. The Morgan fingerprint density at radius 1 is 0.960 bits per heavy atom. The van der Waals surface area contributed by atoms with Gasteiger partial charge in [0.1, 0.15) is 12.4 Å². The maximum absolute atomic E-state index is 6.14. The van der Waals surface area contributed by atoms with Gasteiger partial charge in [0.2, 0.25) is 0 Å². The van der Waals surface area contributed by atoms with Crippen molar-refractivity contribution in [3.05, 3.63) is 59.7 Å². The monoisotopic (exact) mass is 338 g/mol. The third-order valence-electron chi connectivity index (χ3n) is 4.95. The van der Waals surface area contributed by atoms with Gasteiger partial charge in [0.15, 0.2) is 0 Å². The van der Waals surface area contributed by atoms with Gasteiger partial charge in [-0.25, -0.2) is 0 Å². The average molecular weight is 338 g/mol. The number of rotatable bonds is 6. The molecule has 0 amide bonds. The molecule has 0 unspecified atom stereocenters. The SMILES string of the molecule is Cc1ccc(C(C)C)c(OCCN2CCN(c3ccccc3)CC2)c1. The molecule has 134 valence electrons. The van der Waals surface area contributed by atoms with Crippen molar-refractivity contribution in [2.75, 3.05) is 44.2 Å². The van der Waals surface area contributed by atoms with Crippen molar-refractivity contribution in [1.82, 2.24) is 4.90 Å². The van der Waals surface area contributed by atoms with Gasteiger partial charge in [-0.05, 0) is 42.2 Å². The summed E-state index contributed by atoms with van der Waals surface area (Å²) < 4.78 is 6.14. The normalized spacial score (nSPS) is 15.6. The molecule has 1 fully saturated rings. The van der Waals surface area contributed by atoms with Gasteiger partial charge >= 0.3 is 0 Å². The molecule has 1 heterocycles. The van der Waals surface area contributed by atoms with Crippen molar-refractivity contribution in [2.24, 2.45) is 0 Å². The topological polar surface area (TPSA) is 15.7 Å². The lowest BCUT2D eigenvalue weighted by molar-refractivity contribution is 0.199. The molecule has 0 aromatic heterocycles. The molecule has 0 N–H and O–H groups in total. The number of benzene rings is 2. The molecule has 3 nitrogen and oxygen atoms in total. The van der Waals surface area contributed by atoms with Gasteiger partial charge in [-0.3, -0.25) is 4.90 Å². The van der Waals surface area contributed by atoms with E-state index in [1.807, 2.05) is 0 Å². The highest BCUT2D eigenvalue weighted by Crippen LogP contribution is 2.27. The maximum Gasteiger partial charge on any atom is 0.123 e. The van der Waals surface area contributed by atoms with E-state index >= 15 is 0 Å². The van der Waals surface area contributed by atoms with Crippen LogP contribution < -0.4 is 9.64 Å². The molecule has 0 bridgehead atoms. The van der Waals surface area contributed by atoms with Crippen LogP contribution in [0.25, 0.3) is 0 Å². The van der Waals surface area contributed by atoms with Crippen molar-refractivity contribution < 1.29 is 4.74 Å². The summed E-state index contributed by atoms with van der Waals surface area (Å²) in [6, 6.07) is 17.2. The number of aryl methyl sites for hydroxylation is 1. The molecule has 3 heteroatoms. The summed E-state index contributed by atoms with van der Waals surface area (Å²) in [5.41, 5.74) is 3.90. The Balaban J connectivity index is 1.47. The minimum Gasteiger partial charge on any atom is -0.492 e. The Kier molecular flexibility index (Phi) is 5.98. The van der Waals surface area contributed by atoms with Gasteiger partial charge in [0, 0.05) is 38.4 Å². The molecule has 0 atom stereocenters. The minimum atomic E-state index is 0.491. The molecule has 2 aromatic rings. The lowest BCUT2D eigenvalue weighted by Gasteiger charge is -2.36. The highest BCUT2D eigenvalue weighted by molar-refractivity contribution is 5.46. The molecular weight excluding hydrogens is 308 g/mol. The molecule has 0 saturated carbocycles. The zero-order valence-electron chi connectivity index (χ0n) is 15.7. The highest BCUT2D eigenvalue weighted by Gasteiger charge is 2.17. The molecule has 3 rings (SSSR count). The average Bonchev–Trinajstić information content (AvgIpc) is 2.63. The minimum absolute atomic E-state index is 0.491. The largest absolute Gasteiger partial charge is 0.492 e. The zero-order chi connectivity index (χ0) is 17.6. The van der Waals surface area contributed by atoms with Crippen LogP contribution in [0.4, 0.5) is 5.69 Å². The fraction of sp³-hybridized carbons (Fsp3) is 0.455. The summed E-state index contributed by atoms with van der Waals surface area (Å²) in [6.45, 7) is 12.7. The van der Waals surface area contributed by atoms with Crippen LogP contribution >= 0.6 is 0 Å². The van der Waals surface area contributed by atoms with Crippen LogP contribution in [0, 0.1) is 6.92 Å². The Morgan fingerprint density at radius 2 is 1.68 bits per heavy atom. The van der Waals surface area contributed by atoms with Gasteiger partial charge < -0.3 is 9.64 Å². The first-order chi connectivity index (χ1) is 12.1. The van der Waals surface area contributed by atoms with Crippen LogP contribution in [0.15, 0.2) is 48.5 Å². The second kappa shape index (κ2) is 8.39. The standard InChI is InChI=1S/C22H30N2O/c1-18(2)21-10-9-19(3)17-22(21)25-16-15-23-11-13-24(14-12-23)20-7-5-4-6-8-20/h4-10,17-18H,11-16H2,1-3H3. The Labute approximate surface area is 152 Å². The summed E-state index contributed by atoms with van der Waals surface area (Å²) in [5.74, 6) is 1.54. The molecule has 1 aliphatic heterocycles. The summed E-state index contributed by atoms with van der Waals surface area (Å²) in [4.78, 5) is 4.97. The van der Waals surface area contributed by atoms with Gasteiger partial charge in [0.25, 0.3) is 0 Å². The predicted octanol–water partition coefficient (Wildman–Crippen LogP) is 4.32. The van der Waals surface area contributed by atoms with E-state index in [-0.39, 0.29) is 0 Å². The fourth-order valence-corrected chi connectivity index (χ4v) is 3.40. The third-order valence-corrected chi connectivity index (χ3v) is 4.95. The van der Waals surface area contributed by atoms with E-state index in [0.29, 0.717) is 5.92 Å². The van der Waals surface area contributed by atoms with Crippen LogP contribution in [-0.4, -0.2) is 44.2 Å². The van der Waals surface area contributed by atoms with Crippen LogP contribution in [-0.2, 0) is 0 Å². The van der Waals surface area contributed by atoms with E-state index in [2.05, 4.69) is 79.1 Å². The van der Waals surface area contributed by atoms with E-state index < -0.39 is 0 Å². The molecule has 1 aliphatic rings. The first-order valence-corrected chi connectivity index (χ1v) is 9.39. The second-order valence-corrected chi connectivity index (χ2v) is 7.21. The first-order valence-electron chi connectivity index (χ1n) is 9.39. The molecule has 0 aliphatic carbocycles. The van der Waals surface area contributed by atoms with Crippen LogP contribution in [0.3, 0.4) is 0 Å². The second-order valence-electron chi connectivity index (χ2n) is 7.21. The van der Waals surface area contributed by atoms with Crippen molar-refractivity contribution in [2.45, 2.75) is 26.7 Å². The summed E-state index contributed by atoms with van der Waals surface area (Å²) >= 11 is 0. The molecule has 25 heavy (non-hydrogen) atoms. The van der Waals surface area contributed by atoms with Crippen LogP contribution in [0.1, 0.15) is 30.9 Å². The van der Waals surface area contributed by atoms with Crippen molar-refractivity contribution >= 4 is 5.69 Å². The van der Waals surface area contributed by atoms with Crippen molar-refractivity contribution in [1.29, 1.82) is 0 Å². The van der Waals surface area contributed by atoms with Crippen LogP contribution in [0.2, 0.25) is 0 Å². The lowest BCUT2D eigenvalue weighted by atomic mass is 10.0. The Morgan fingerprint density at radius 3 is 2.36 bits per heavy atom. The van der Waals surface area contributed by atoms with Gasteiger partial charge in [0.05, 0.1) is 0 Å². The Hall–Kier alpha value is -2.00. The molecule has 1 saturated heterocycles. The Bertz CT molecular complexity index is 661. The summed E-state index contributed by atoms with van der Waals surface area (Å²) in [5, 5.41) is 0. The number of piperazine rings is 1. The third kappa shape index (κ3) is 4.76. The first kappa shape index (κ1) is 17.8. The zero-order valence-corrected chi connectivity index (χ0v) is 15.7.